The second kappa shape index (κ2) is 5.21. The minimum atomic E-state index is -0.816. The summed E-state index contributed by atoms with van der Waals surface area (Å²) in [5, 5.41) is 8.98. The average molecular weight is 228 g/mol. The monoisotopic (exact) mass is 228 g/mol. The van der Waals surface area contributed by atoms with E-state index in [9.17, 15) is 4.79 Å². The van der Waals surface area contributed by atoms with Crippen LogP contribution in [0.15, 0.2) is 49.1 Å². The smallest absolute Gasteiger partial charge is 0.304 e. The topological polar surface area (TPSA) is 63.1 Å². The van der Waals surface area contributed by atoms with Gasteiger partial charge in [-0.3, -0.25) is 14.8 Å². The predicted octanol–water partition coefficient (Wildman–Crippen LogP) is 2.08. The molecule has 0 aliphatic heterocycles. The molecule has 2 heterocycles. The van der Waals surface area contributed by atoms with Gasteiger partial charge in [0.1, 0.15) is 0 Å². The van der Waals surface area contributed by atoms with Gasteiger partial charge in [0.15, 0.2) is 0 Å². The molecule has 0 bridgehead atoms. The molecule has 0 radical (unpaired) electrons. The highest BCUT2D eigenvalue weighted by molar-refractivity contribution is 5.69. The third kappa shape index (κ3) is 2.87. The number of nitrogens with zero attached hydrogens (tertiary/aromatic N) is 2. The lowest BCUT2D eigenvalue weighted by Gasteiger charge is -2.15. The zero-order valence-electron chi connectivity index (χ0n) is 9.15. The van der Waals surface area contributed by atoms with Crippen molar-refractivity contribution in [3.63, 3.8) is 0 Å². The molecular formula is C13H12N2O2. The lowest BCUT2D eigenvalue weighted by molar-refractivity contribution is -0.137. The van der Waals surface area contributed by atoms with E-state index in [-0.39, 0.29) is 12.3 Å². The maximum absolute atomic E-state index is 10.9. The standard InChI is InChI=1S/C13H12N2O2/c16-13(17)9-12(10-1-5-14-6-2-10)11-3-7-15-8-4-11/h1-8,12H,9H2,(H,16,17). The fourth-order valence-electron chi connectivity index (χ4n) is 1.79. The van der Waals surface area contributed by atoms with Crippen molar-refractivity contribution in [2.45, 2.75) is 12.3 Å². The Morgan fingerprint density at radius 2 is 1.41 bits per heavy atom. The number of aromatic nitrogens is 2. The highest BCUT2D eigenvalue weighted by Crippen LogP contribution is 2.26. The van der Waals surface area contributed by atoms with Crippen molar-refractivity contribution < 1.29 is 9.90 Å². The summed E-state index contributed by atoms with van der Waals surface area (Å²) in [6, 6.07) is 7.37. The van der Waals surface area contributed by atoms with E-state index in [1.54, 1.807) is 24.8 Å². The van der Waals surface area contributed by atoms with E-state index >= 15 is 0 Å². The van der Waals surface area contributed by atoms with Crippen LogP contribution in [0.3, 0.4) is 0 Å². The molecule has 0 unspecified atom stereocenters. The summed E-state index contributed by atoms with van der Waals surface area (Å²) in [7, 11) is 0. The van der Waals surface area contributed by atoms with Gasteiger partial charge in [0.25, 0.3) is 0 Å². The average Bonchev–Trinajstić information content (AvgIpc) is 2.38. The van der Waals surface area contributed by atoms with Crippen molar-refractivity contribution in [3.8, 4) is 0 Å². The molecule has 0 spiro atoms. The zero-order chi connectivity index (χ0) is 12.1. The van der Waals surface area contributed by atoms with Crippen LogP contribution >= 0.6 is 0 Å². The second-order valence-electron chi connectivity index (χ2n) is 3.71. The predicted molar refractivity (Wildman–Crippen MR) is 62.6 cm³/mol. The summed E-state index contributed by atoms with van der Waals surface area (Å²) in [4.78, 5) is 18.8. The van der Waals surface area contributed by atoms with Crippen molar-refractivity contribution in [3.05, 3.63) is 60.2 Å². The van der Waals surface area contributed by atoms with Crippen LogP contribution in [-0.4, -0.2) is 21.0 Å². The molecule has 17 heavy (non-hydrogen) atoms. The molecule has 0 aliphatic carbocycles. The van der Waals surface area contributed by atoms with E-state index < -0.39 is 5.97 Å². The fourth-order valence-corrected chi connectivity index (χ4v) is 1.79. The van der Waals surface area contributed by atoms with Crippen LogP contribution in [0.1, 0.15) is 23.5 Å². The zero-order valence-corrected chi connectivity index (χ0v) is 9.15. The number of hydrogen-bond acceptors (Lipinski definition) is 3. The second-order valence-corrected chi connectivity index (χ2v) is 3.71. The quantitative estimate of drug-likeness (QED) is 0.870. The van der Waals surface area contributed by atoms with Gasteiger partial charge in [0.2, 0.25) is 0 Å². The van der Waals surface area contributed by atoms with Gasteiger partial charge >= 0.3 is 5.97 Å². The molecule has 2 aromatic rings. The summed E-state index contributed by atoms with van der Waals surface area (Å²) in [5.41, 5.74) is 1.90. The Labute approximate surface area is 99.0 Å². The number of carbonyl (C=O) groups is 1. The van der Waals surface area contributed by atoms with E-state index in [1.165, 1.54) is 0 Å². The first kappa shape index (κ1) is 11.3. The Morgan fingerprint density at radius 3 is 1.76 bits per heavy atom. The molecule has 4 heteroatoms. The van der Waals surface area contributed by atoms with Crippen LogP contribution in [0.2, 0.25) is 0 Å². The molecule has 0 fully saturated rings. The molecule has 86 valence electrons. The van der Waals surface area contributed by atoms with Crippen molar-refractivity contribution in [1.29, 1.82) is 0 Å². The Bertz CT molecular complexity index is 446. The van der Waals surface area contributed by atoms with Gasteiger partial charge in [-0.05, 0) is 35.4 Å². The molecule has 0 atom stereocenters. The van der Waals surface area contributed by atoms with Gasteiger partial charge in [0, 0.05) is 30.7 Å². The molecule has 0 saturated carbocycles. The lowest BCUT2D eigenvalue weighted by Crippen LogP contribution is -2.08. The van der Waals surface area contributed by atoms with Crippen molar-refractivity contribution >= 4 is 5.97 Å². The van der Waals surface area contributed by atoms with E-state index in [1.807, 2.05) is 24.3 Å². The van der Waals surface area contributed by atoms with E-state index in [2.05, 4.69) is 9.97 Å². The van der Waals surface area contributed by atoms with Crippen LogP contribution in [0.25, 0.3) is 0 Å². The third-order valence-electron chi connectivity index (χ3n) is 2.60. The first-order valence-corrected chi connectivity index (χ1v) is 5.29. The summed E-state index contributed by atoms with van der Waals surface area (Å²) in [6.07, 6.45) is 6.75. The summed E-state index contributed by atoms with van der Waals surface area (Å²) in [5.74, 6) is -0.970. The maximum Gasteiger partial charge on any atom is 0.304 e. The highest BCUT2D eigenvalue weighted by atomic mass is 16.4. The number of hydrogen-bond donors (Lipinski definition) is 1. The van der Waals surface area contributed by atoms with Crippen LogP contribution in [0, 0.1) is 0 Å². The van der Waals surface area contributed by atoms with Gasteiger partial charge in [0.05, 0.1) is 6.42 Å². The summed E-state index contributed by atoms with van der Waals surface area (Å²) < 4.78 is 0. The van der Waals surface area contributed by atoms with Crippen LogP contribution < -0.4 is 0 Å². The number of carboxylic acids is 1. The normalized spacial score (nSPS) is 10.4. The molecule has 0 amide bonds. The van der Waals surface area contributed by atoms with Crippen LogP contribution in [0.4, 0.5) is 0 Å². The van der Waals surface area contributed by atoms with Gasteiger partial charge in [-0.25, -0.2) is 0 Å². The van der Waals surface area contributed by atoms with Gasteiger partial charge in [-0.2, -0.15) is 0 Å². The highest BCUT2D eigenvalue weighted by Gasteiger charge is 2.17. The van der Waals surface area contributed by atoms with Crippen LogP contribution in [0.5, 0.6) is 0 Å². The molecule has 0 aliphatic rings. The minimum absolute atomic E-state index is 0.0635. The molecule has 2 aromatic heterocycles. The Morgan fingerprint density at radius 1 is 1.00 bits per heavy atom. The van der Waals surface area contributed by atoms with E-state index in [4.69, 9.17) is 5.11 Å². The first-order valence-electron chi connectivity index (χ1n) is 5.29. The van der Waals surface area contributed by atoms with Gasteiger partial charge < -0.3 is 5.11 Å². The molecule has 4 nitrogen and oxygen atoms in total. The number of carboxylic acid groups (broad SMARTS) is 1. The number of aliphatic carboxylic acids is 1. The Hall–Kier alpha value is -2.23. The SMILES string of the molecule is O=C(O)CC(c1ccncc1)c1ccncc1. The van der Waals surface area contributed by atoms with Gasteiger partial charge in [-0.15, -0.1) is 0 Å². The van der Waals surface area contributed by atoms with Crippen molar-refractivity contribution in [1.82, 2.24) is 9.97 Å². The summed E-state index contributed by atoms with van der Waals surface area (Å²) >= 11 is 0. The molecule has 0 saturated heterocycles. The number of rotatable bonds is 4. The number of pyridine rings is 2. The lowest BCUT2D eigenvalue weighted by atomic mass is 9.90. The van der Waals surface area contributed by atoms with Crippen molar-refractivity contribution in [2.24, 2.45) is 0 Å². The Kier molecular flexibility index (Phi) is 3.45. The first-order chi connectivity index (χ1) is 8.27. The maximum atomic E-state index is 10.9. The molecule has 1 N–H and O–H groups in total. The van der Waals surface area contributed by atoms with E-state index in [0.29, 0.717) is 0 Å². The third-order valence-corrected chi connectivity index (χ3v) is 2.60. The molecule has 2 rings (SSSR count). The summed E-state index contributed by atoms with van der Waals surface area (Å²) in [6.45, 7) is 0. The largest absolute Gasteiger partial charge is 0.481 e. The van der Waals surface area contributed by atoms with Gasteiger partial charge in [-0.1, -0.05) is 0 Å². The Balaban J connectivity index is 2.36. The van der Waals surface area contributed by atoms with Crippen molar-refractivity contribution in [2.75, 3.05) is 0 Å². The minimum Gasteiger partial charge on any atom is -0.481 e. The fraction of sp³-hybridized carbons (Fsp3) is 0.154. The van der Waals surface area contributed by atoms with Crippen LogP contribution in [-0.2, 0) is 4.79 Å². The molecule has 0 aromatic carbocycles. The molecular weight excluding hydrogens is 216 g/mol. The van der Waals surface area contributed by atoms with E-state index in [0.717, 1.165) is 11.1 Å².